The van der Waals surface area contributed by atoms with Crippen LogP contribution >= 0.6 is 0 Å². The summed E-state index contributed by atoms with van der Waals surface area (Å²) in [5.74, 6) is 5.84. The minimum atomic E-state index is 0.659. The highest BCUT2D eigenvalue weighted by molar-refractivity contribution is 5.96. The minimum absolute atomic E-state index is 0.659. The standard InChI is InChI=1S/C11H12N2O/c1-13-11-9-5-3-2-4-8(9)6-7-10(11)14-12/h2-7,13H,12H2,1H3. The van der Waals surface area contributed by atoms with Crippen LogP contribution in [0.4, 0.5) is 5.69 Å². The number of rotatable bonds is 2. The molecule has 0 unspecified atom stereocenters. The number of anilines is 1. The number of fused-ring (bicyclic) bond motifs is 1. The van der Waals surface area contributed by atoms with Gasteiger partial charge in [-0.15, -0.1) is 0 Å². The zero-order valence-electron chi connectivity index (χ0n) is 7.95. The van der Waals surface area contributed by atoms with E-state index in [1.165, 1.54) is 0 Å². The van der Waals surface area contributed by atoms with Crippen molar-refractivity contribution in [1.82, 2.24) is 0 Å². The lowest BCUT2D eigenvalue weighted by molar-refractivity contribution is 0.336. The first-order valence-electron chi connectivity index (χ1n) is 4.43. The SMILES string of the molecule is CNc1c(ON)ccc2ccccc12. The molecule has 0 radical (unpaired) electrons. The lowest BCUT2D eigenvalue weighted by atomic mass is 10.1. The van der Waals surface area contributed by atoms with Gasteiger partial charge in [0.25, 0.3) is 0 Å². The summed E-state index contributed by atoms with van der Waals surface area (Å²) in [4.78, 5) is 4.78. The third-order valence-electron chi connectivity index (χ3n) is 2.27. The zero-order valence-corrected chi connectivity index (χ0v) is 7.95. The average molecular weight is 188 g/mol. The van der Waals surface area contributed by atoms with E-state index in [-0.39, 0.29) is 0 Å². The molecule has 0 spiro atoms. The normalized spacial score (nSPS) is 10.1. The molecule has 72 valence electrons. The molecular formula is C11H12N2O. The van der Waals surface area contributed by atoms with Crippen LogP contribution in [0.15, 0.2) is 36.4 Å². The molecule has 0 atom stereocenters. The monoisotopic (exact) mass is 188 g/mol. The molecule has 0 fully saturated rings. The molecule has 3 N–H and O–H groups in total. The molecule has 0 aliphatic carbocycles. The van der Waals surface area contributed by atoms with Gasteiger partial charge in [0.1, 0.15) is 0 Å². The van der Waals surface area contributed by atoms with Gasteiger partial charge in [-0.05, 0) is 11.5 Å². The van der Waals surface area contributed by atoms with Gasteiger partial charge >= 0.3 is 0 Å². The molecule has 14 heavy (non-hydrogen) atoms. The van der Waals surface area contributed by atoms with Crippen LogP contribution < -0.4 is 16.1 Å². The van der Waals surface area contributed by atoms with E-state index < -0.39 is 0 Å². The Morgan fingerprint density at radius 3 is 2.64 bits per heavy atom. The molecular weight excluding hydrogens is 176 g/mol. The Morgan fingerprint density at radius 2 is 1.93 bits per heavy atom. The van der Waals surface area contributed by atoms with Crippen LogP contribution in [0.25, 0.3) is 10.8 Å². The molecule has 0 saturated carbocycles. The Kier molecular flexibility index (Phi) is 2.24. The zero-order chi connectivity index (χ0) is 9.97. The fourth-order valence-corrected chi connectivity index (χ4v) is 1.61. The highest BCUT2D eigenvalue weighted by Gasteiger charge is 2.05. The number of nitrogens with two attached hydrogens (primary N) is 1. The molecule has 0 aliphatic rings. The van der Waals surface area contributed by atoms with E-state index in [1.54, 1.807) is 0 Å². The van der Waals surface area contributed by atoms with Crippen LogP contribution in [0, 0.1) is 0 Å². The first kappa shape index (κ1) is 8.84. The maximum Gasteiger partial charge on any atom is 0.170 e. The molecule has 0 amide bonds. The van der Waals surface area contributed by atoms with Crippen LogP contribution in [-0.4, -0.2) is 7.05 Å². The van der Waals surface area contributed by atoms with Crippen molar-refractivity contribution in [2.45, 2.75) is 0 Å². The van der Waals surface area contributed by atoms with Crippen LogP contribution in [0.1, 0.15) is 0 Å². The van der Waals surface area contributed by atoms with E-state index >= 15 is 0 Å². The summed E-state index contributed by atoms with van der Waals surface area (Å²) in [6, 6.07) is 11.9. The highest BCUT2D eigenvalue weighted by atomic mass is 16.6. The van der Waals surface area contributed by atoms with Crippen LogP contribution in [0.2, 0.25) is 0 Å². The molecule has 0 bridgehead atoms. The number of hydrogen-bond donors (Lipinski definition) is 2. The summed E-state index contributed by atoms with van der Waals surface area (Å²) in [7, 11) is 1.85. The Balaban J connectivity index is 2.77. The van der Waals surface area contributed by atoms with E-state index in [1.807, 2.05) is 37.4 Å². The second-order valence-corrected chi connectivity index (χ2v) is 3.03. The average Bonchev–Trinajstić information content (AvgIpc) is 2.27. The van der Waals surface area contributed by atoms with Gasteiger partial charge in [-0.3, -0.25) is 0 Å². The number of benzene rings is 2. The molecule has 3 heteroatoms. The third kappa shape index (κ3) is 1.28. The third-order valence-corrected chi connectivity index (χ3v) is 2.27. The molecule has 0 heterocycles. The smallest absolute Gasteiger partial charge is 0.170 e. The van der Waals surface area contributed by atoms with Crippen molar-refractivity contribution in [3.63, 3.8) is 0 Å². The Hall–Kier alpha value is -1.74. The number of hydrogen-bond acceptors (Lipinski definition) is 3. The Labute approximate surface area is 82.4 Å². The van der Waals surface area contributed by atoms with E-state index in [2.05, 4.69) is 11.4 Å². The second kappa shape index (κ2) is 3.55. The lowest BCUT2D eigenvalue weighted by Gasteiger charge is -2.10. The second-order valence-electron chi connectivity index (χ2n) is 3.03. The van der Waals surface area contributed by atoms with Gasteiger partial charge in [0.15, 0.2) is 5.75 Å². The van der Waals surface area contributed by atoms with Crippen LogP contribution in [0.5, 0.6) is 5.75 Å². The van der Waals surface area contributed by atoms with E-state index in [4.69, 9.17) is 10.7 Å². The topological polar surface area (TPSA) is 47.3 Å². The van der Waals surface area contributed by atoms with E-state index in [0.29, 0.717) is 5.75 Å². The minimum Gasteiger partial charge on any atom is -0.409 e. The van der Waals surface area contributed by atoms with Crippen molar-refractivity contribution >= 4 is 16.5 Å². The molecule has 0 aromatic heterocycles. The summed E-state index contributed by atoms with van der Waals surface area (Å²) in [6.07, 6.45) is 0. The predicted molar refractivity (Wildman–Crippen MR) is 58.3 cm³/mol. The van der Waals surface area contributed by atoms with Gasteiger partial charge < -0.3 is 10.2 Å². The van der Waals surface area contributed by atoms with Gasteiger partial charge in [-0.25, -0.2) is 0 Å². The lowest BCUT2D eigenvalue weighted by Crippen LogP contribution is -2.04. The summed E-state index contributed by atoms with van der Waals surface area (Å²) in [6.45, 7) is 0. The summed E-state index contributed by atoms with van der Waals surface area (Å²) >= 11 is 0. The molecule has 2 rings (SSSR count). The van der Waals surface area contributed by atoms with Crippen LogP contribution in [0.3, 0.4) is 0 Å². The van der Waals surface area contributed by atoms with Crippen molar-refractivity contribution in [1.29, 1.82) is 0 Å². The van der Waals surface area contributed by atoms with Gasteiger partial charge in [-0.2, -0.15) is 5.90 Å². The molecule has 0 aliphatic heterocycles. The van der Waals surface area contributed by atoms with Gasteiger partial charge in [0, 0.05) is 12.4 Å². The first-order valence-corrected chi connectivity index (χ1v) is 4.43. The van der Waals surface area contributed by atoms with E-state index in [0.717, 1.165) is 16.5 Å². The molecule has 2 aromatic carbocycles. The summed E-state index contributed by atoms with van der Waals surface area (Å²) in [5, 5.41) is 5.36. The maximum atomic E-state index is 5.18. The summed E-state index contributed by atoms with van der Waals surface area (Å²) < 4.78 is 0. The Morgan fingerprint density at radius 1 is 1.14 bits per heavy atom. The largest absolute Gasteiger partial charge is 0.409 e. The quantitative estimate of drug-likeness (QED) is 0.710. The molecule has 0 saturated heterocycles. The van der Waals surface area contributed by atoms with Crippen LogP contribution in [-0.2, 0) is 0 Å². The van der Waals surface area contributed by atoms with Crippen molar-refractivity contribution in [3.8, 4) is 5.75 Å². The fourth-order valence-electron chi connectivity index (χ4n) is 1.61. The van der Waals surface area contributed by atoms with Crippen molar-refractivity contribution in [2.24, 2.45) is 5.90 Å². The highest BCUT2D eigenvalue weighted by Crippen LogP contribution is 2.31. The predicted octanol–water partition coefficient (Wildman–Crippen LogP) is 2.13. The van der Waals surface area contributed by atoms with Crippen molar-refractivity contribution < 1.29 is 4.84 Å². The maximum absolute atomic E-state index is 5.18. The van der Waals surface area contributed by atoms with Gasteiger partial charge in [0.2, 0.25) is 0 Å². The van der Waals surface area contributed by atoms with Crippen molar-refractivity contribution in [2.75, 3.05) is 12.4 Å². The van der Waals surface area contributed by atoms with E-state index in [9.17, 15) is 0 Å². The van der Waals surface area contributed by atoms with Crippen molar-refractivity contribution in [3.05, 3.63) is 36.4 Å². The fraction of sp³-hybridized carbons (Fsp3) is 0.0909. The van der Waals surface area contributed by atoms with Gasteiger partial charge in [-0.1, -0.05) is 30.3 Å². The Bertz CT molecular complexity index is 454. The summed E-state index contributed by atoms with van der Waals surface area (Å²) in [5.41, 5.74) is 0.922. The molecule has 3 nitrogen and oxygen atoms in total. The number of nitrogens with one attached hydrogen (secondary N) is 1. The first-order chi connectivity index (χ1) is 6.86. The van der Waals surface area contributed by atoms with Gasteiger partial charge in [0.05, 0.1) is 5.69 Å². The molecule has 2 aromatic rings.